The smallest absolute Gasteiger partial charge is 0.310 e. The van der Waals surface area contributed by atoms with Crippen LogP contribution in [0, 0.1) is 12.7 Å². The zero-order valence-electron chi connectivity index (χ0n) is 14.3. The number of rotatable bonds is 7. The predicted octanol–water partition coefficient (Wildman–Crippen LogP) is 3.12. The molecule has 0 aromatic heterocycles. The maximum Gasteiger partial charge on any atom is 0.310 e. The minimum Gasteiger partial charge on any atom is -0.496 e. The van der Waals surface area contributed by atoms with Crippen LogP contribution in [0.5, 0.6) is 11.5 Å². The Labute approximate surface area is 145 Å². The molecule has 0 radical (unpaired) electrons. The predicted molar refractivity (Wildman–Crippen MR) is 89.7 cm³/mol. The number of ketones is 1. The van der Waals surface area contributed by atoms with Gasteiger partial charge in [-0.2, -0.15) is 0 Å². The number of carbonyl (C=O) groups is 2. The largest absolute Gasteiger partial charge is 0.496 e. The zero-order chi connectivity index (χ0) is 18.4. The molecule has 0 atom stereocenters. The summed E-state index contributed by atoms with van der Waals surface area (Å²) in [5.41, 5.74) is 1.77. The molecule has 0 unspecified atom stereocenters. The molecule has 2 aromatic carbocycles. The first-order valence-electron chi connectivity index (χ1n) is 7.60. The number of halogens is 1. The quantitative estimate of drug-likeness (QED) is 0.569. The van der Waals surface area contributed by atoms with Crippen LogP contribution in [0.2, 0.25) is 0 Å². The van der Waals surface area contributed by atoms with Gasteiger partial charge in [-0.05, 0) is 31.2 Å². The van der Waals surface area contributed by atoms with Gasteiger partial charge in [-0.15, -0.1) is 0 Å². The van der Waals surface area contributed by atoms with Gasteiger partial charge in [-0.25, -0.2) is 4.39 Å². The number of esters is 1. The summed E-state index contributed by atoms with van der Waals surface area (Å²) in [6.45, 7) is 1.44. The zero-order valence-corrected chi connectivity index (χ0v) is 14.3. The van der Waals surface area contributed by atoms with Crippen LogP contribution in [-0.4, -0.2) is 32.6 Å². The van der Waals surface area contributed by atoms with Crippen molar-refractivity contribution in [1.29, 1.82) is 0 Å². The number of carbonyl (C=O) groups excluding carboxylic acids is 2. The first-order chi connectivity index (χ1) is 11.9. The lowest BCUT2D eigenvalue weighted by atomic mass is 10.1. The van der Waals surface area contributed by atoms with E-state index in [1.165, 1.54) is 26.4 Å². The van der Waals surface area contributed by atoms with Crippen molar-refractivity contribution in [3.63, 3.8) is 0 Å². The van der Waals surface area contributed by atoms with Gasteiger partial charge in [0.2, 0.25) is 0 Å². The monoisotopic (exact) mass is 346 g/mol. The summed E-state index contributed by atoms with van der Waals surface area (Å²) < 4.78 is 28.6. The molecule has 0 heterocycles. The summed E-state index contributed by atoms with van der Waals surface area (Å²) in [5, 5.41) is 0. The van der Waals surface area contributed by atoms with Crippen molar-refractivity contribution < 1.29 is 28.2 Å². The Hall–Kier alpha value is -2.89. The van der Waals surface area contributed by atoms with Crippen LogP contribution in [0.3, 0.4) is 0 Å². The average Bonchev–Trinajstić information content (AvgIpc) is 2.59. The number of Topliss-reactive ketones (excluding diaryl/α,β-unsaturated/α-hetero) is 1. The Balaban J connectivity index is 1.97. The fourth-order valence-electron chi connectivity index (χ4n) is 2.32. The van der Waals surface area contributed by atoms with E-state index in [0.29, 0.717) is 11.3 Å². The molecule has 2 aromatic rings. The maximum atomic E-state index is 13.6. The first-order valence-corrected chi connectivity index (χ1v) is 7.60. The van der Waals surface area contributed by atoms with Gasteiger partial charge in [-0.3, -0.25) is 9.59 Å². The van der Waals surface area contributed by atoms with E-state index in [4.69, 9.17) is 14.2 Å². The number of aryl methyl sites for hydroxylation is 1. The Morgan fingerprint density at radius 2 is 1.68 bits per heavy atom. The number of methoxy groups -OCH3 is 2. The molecule has 0 aliphatic rings. The summed E-state index contributed by atoms with van der Waals surface area (Å²) in [6.07, 6.45) is -0.0187. The van der Waals surface area contributed by atoms with Gasteiger partial charge in [0, 0.05) is 11.1 Å². The molecule has 0 saturated heterocycles. The van der Waals surface area contributed by atoms with Crippen molar-refractivity contribution in [2.45, 2.75) is 13.3 Å². The second-order valence-electron chi connectivity index (χ2n) is 5.43. The molecular formula is C19H19FO5. The summed E-state index contributed by atoms with van der Waals surface area (Å²) in [6, 6.07) is 9.28. The second kappa shape index (κ2) is 8.28. The minimum absolute atomic E-state index is 0.0187. The fourth-order valence-corrected chi connectivity index (χ4v) is 2.32. The molecule has 2 rings (SSSR count). The third kappa shape index (κ3) is 4.79. The first kappa shape index (κ1) is 18.4. The third-order valence-electron chi connectivity index (χ3n) is 3.61. The van der Waals surface area contributed by atoms with E-state index >= 15 is 0 Å². The highest BCUT2D eigenvalue weighted by atomic mass is 19.1. The van der Waals surface area contributed by atoms with Crippen molar-refractivity contribution in [2.24, 2.45) is 0 Å². The highest BCUT2D eigenvalue weighted by molar-refractivity contribution is 5.98. The van der Waals surface area contributed by atoms with Gasteiger partial charge in [-0.1, -0.05) is 17.7 Å². The molecule has 6 heteroatoms. The average molecular weight is 346 g/mol. The van der Waals surface area contributed by atoms with Crippen molar-refractivity contribution in [3.05, 3.63) is 58.9 Å². The molecule has 0 N–H and O–H groups in total. The van der Waals surface area contributed by atoms with E-state index in [9.17, 15) is 14.0 Å². The van der Waals surface area contributed by atoms with Crippen molar-refractivity contribution >= 4 is 11.8 Å². The van der Waals surface area contributed by atoms with Gasteiger partial charge in [0.25, 0.3) is 0 Å². The van der Waals surface area contributed by atoms with Crippen LogP contribution in [0.25, 0.3) is 0 Å². The molecule has 0 aliphatic heterocycles. The summed E-state index contributed by atoms with van der Waals surface area (Å²) in [4.78, 5) is 24.0. The van der Waals surface area contributed by atoms with E-state index in [2.05, 4.69) is 0 Å². The van der Waals surface area contributed by atoms with Crippen LogP contribution in [0.1, 0.15) is 21.5 Å². The molecule has 0 amide bonds. The molecule has 25 heavy (non-hydrogen) atoms. The van der Waals surface area contributed by atoms with Crippen molar-refractivity contribution in [1.82, 2.24) is 0 Å². The van der Waals surface area contributed by atoms with Gasteiger partial charge in [0.1, 0.15) is 5.75 Å². The molecular weight excluding hydrogens is 327 g/mol. The Kier molecular flexibility index (Phi) is 6.11. The number of hydrogen-bond acceptors (Lipinski definition) is 5. The van der Waals surface area contributed by atoms with Crippen molar-refractivity contribution in [3.8, 4) is 11.5 Å². The topological polar surface area (TPSA) is 61.8 Å². The second-order valence-corrected chi connectivity index (χ2v) is 5.43. The fraction of sp³-hybridized carbons (Fsp3) is 0.263. The lowest BCUT2D eigenvalue weighted by Crippen LogP contribution is -2.16. The number of benzene rings is 2. The van der Waals surface area contributed by atoms with Gasteiger partial charge >= 0.3 is 5.97 Å². The van der Waals surface area contributed by atoms with Crippen LogP contribution >= 0.6 is 0 Å². The third-order valence-corrected chi connectivity index (χ3v) is 3.61. The van der Waals surface area contributed by atoms with Crippen molar-refractivity contribution in [2.75, 3.05) is 20.8 Å². The van der Waals surface area contributed by atoms with Crippen LogP contribution in [-0.2, 0) is 16.0 Å². The Morgan fingerprint density at radius 3 is 2.32 bits per heavy atom. The molecule has 0 aliphatic carbocycles. The SMILES string of the molecule is COc1ccc(C(=O)COC(=O)Cc2cc(C)ccc2OC)cc1F. The number of hydrogen-bond donors (Lipinski definition) is 0. The Morgan fingerprint density at radius 1 is 1.00 bits per heavy atom. The molecule has 5 nitrogen and oxygen atoms in total. The summed E-state index contributed by atoms with van der Waals surface area (Å²) in [7, 11) is 2.85. The standard InChI is InChI=1S/C19H19FO5/c1-12-4-6-17(23-2)14(8-12)10-19(22)25-11-16(21)13-5-7-18(24-3)15(20)9-13/h4-9H,10-11H2,1-3H3. The van der Waals surface area contributed by atoms with Gasteiger partial charge in [0.15, 0.2) is 24.0 Å². The Bertz CT molecular complexity index is 785. The molecule has 0 fully saturated rings. The van der Waals surface area contributed by atoms with Crippen LogP contribution in [0.15, 0.2) is 36.4 Å². The lowest BCUT2D eigenvalue weighted by molar-refractivity contribution is -0.141. The van der Waals surface area contributed by atoms with E-state index in [-0.39, 0.29) is 17.7 Å². The van der Waals surface area contributed by atoms with Gasteiger partial charge in [0.05, 0.1) is 20.6 Å². The lowest BCUT2D eigenvalue weighted by Gasteiger charge is -2.10. The summed E-state index contributed by atoms with van der Waals surface area (Å²) >= 11 is 0. The molecule has 0 spiro atoms. The van der Waals surface area contributed by atoms with E-state index < -0.39 is 24.2 Å². The van der Waals surface area contributed by atoms with Gasteiger partial charge < -0.3 is 14.2 Å². The molecule has 0 saturated carbocycles. The highest BCUT2D eigenvalue weighted by Crippen LogP contribution is 2.21. The molecule has 132 valence electrons. The molecule has 0 bridgehead atoms. The normalized spacial score (nSPS) is 10.2. The number of ether oxygens (including phenoxy) is 3. The van der Waals surface area contributed by atoms with E-state index in [0.717, 1.165) is 11.6 Å². The van der Waals surface area contributed by atoms with E-state index in [1.54, 1.807) is 6.07 Å². The minimum atomic E-state index is -0.649. The maximum absolute atomic E-state index is 13.6. The van der Waals surface area contributed by atoms with E-state index in [1.807, 2.05) is 19.1 Å². The summed E-state index contributed by atoms with van der Waals surface area (Å²) in [5.74, 6) is -1.09. The van der Waals surface area contributed by atoms with Crippen LogP contribution < -0.4 is 9.47 Å². The highest BCUT2D eigenvalue weighted by Gasteiger charge is 2.15. The van der Waals surface area contributed by atoms with Crippen LogP contribution in [0.4, 0.5) is 4.39 Å².